The fourth-order valence-corrected chi connectivity index (χ4v) is 5.63. The van der Waals surface area contributed by atoms with Crippen LogP contribution >= 0.6 is 7.75 Å². The Labute approximate surface area is 224 Å². The maximum Gasteiger partial charge on any atom is 0.459 e. The number of methoxy groups -OCH3 is 1. The van der Waals surface area contributed by atoms with Gasteiger partial charge < -0.3 is 24.5 Å². The number of alkyl halides is 1. The average molecular weight is 567 g/mol. The van der Waals surface area contributed by atoms with Gasteiger partial charge in [0.15, 0.2) is 23.1 Å². The zero-order chi connectivity index (χ0) is 28.4. The second-order valence-corrected chi connectivity index (χ2v) is 11.2. The van der Waals surface area contributed by atoms with Gasteiger partial charge >= 0.3 is 13.7 Å². The standard InChI is InChI=1S/C24H32FN6O7P/c1-14(2)36-21(32)15(3)30-39(33,38-16-9-7-6-8-10-16)35-12-17-11-24(4,25)22(37-17)31-13-27-18-19(31)28-23(26)29-20(18)34-5/h6-10,13-15,17,22H,11-12H2,1-5H3,(H,30,33)(H2,26,28,29)/t15-,17?,22?,24?,39-/m0/s1. The van der Waals surface area contributed by atoms with Crippen LogP contribution in [0.25, 0.3) is 11.2 Å². The number of benzene rings is 1. The lowest BCUT2D eigenvalue weighted by molar-refractivity contribution is -0.149. The number of aromatic nitrogens is 4. The molecular weight excluding hydrogens is 534 g/mol. The number of para-hydroxylation sites is 1. The minimum absolute atomic E-state index is 0.0743. The molecule has 1 fully saturated rings. The highest BCUT2D eigenvalue weighted by molar-refractivity contribution is 7.52. The summed E-state index contributed by atoms with van der Waals surface area (Å²) in [6.45, 7) is 5.92. The van der Waals surface area contributed by atoms with Crippen LogP contribution in [0.15, 0.2) is 36.7 Å². The molecule has 0 spiro atoms. The minimum Gasteiger partial charge on any atom is -0.479 e. The lowest BCUT2D eigenvalue weighted by Crippen LogP contribution is -2.36. The Morgan fingerprint density at radius 3 is 2.69 bits per heavy atom. The molecule has 5 atom stereocenters. The van der Waals surface area contributed by atoms with Crippen molar-refractivity contribution in [1.29, 1.82) is 0 Å². The number of imidazole rings is 1. The van der Waals surface area contributed by atoms with Gasteiger partial charge in [0.2, 0.25) is 11.8 Å². The van der Waals surface area contributed by atoms with Gasteiger partial charge in [-0.05, 0) is 39.8 Å². The summed E-state index contributed by atoms with van der Waals surface area (Å²) in [6.07, 6.45) is -1.11. The van der Waals surface area contributed by atoms with Crippen molar-refractivity contribution in [3.8, 4) is 11.6 Å². The number of anilines is 1. The van der Waals surface area contributed by atoms with Gasteiger partial charge in [0, 0.05) is 6.42 Å². The number of hydrogen-bond donors (Lipinski definition) is 2. The maximum absolute atomic E-state index is 15.8. The molecule has 13 nitrogen and oxygen atoms in total. The molecule has 0 bridgehead atoms. The van der Waals surface area contributed by atoms with E-state index in [1.807, 2.05) is 0 Å². The largest absolute Gasteiger partial charge is 0.479 e. The lowest BCUT2D eigenvalue weighted by Gasteiger charge is -2.24. The van der Waals surface area contributed by atoms with Crippen LogP contribution in [0.3, 0.4) is 0 Å². The summed E-state index contributed by atoms with van der Waals surface area (Å²) in [6, 6.07) is 7.29. The molecule has 1 aromatic carbocycles. The third-order valence-corrected chi connectivity index (χ3v) is 7.42. The maximum atomic E-state index is 15.8. The van der Waals surface area contributed by atoms with E-state index in [1.165, 1.54) is 31.9 Å². The van der Waals surface area contributed by atoms with Crippen molar-refractivity contribution in [3.05, 3.63) is 36.7 Å². The molecule has 0 amide bonds. The Morgan fingerprint density at radius 2 is 2.03 bits per heavy atom. The Morgan fingerprint density at radius 1 is 1.31 bits per heavy atom. The number of fused-ring (bicyclic) bond motifs is 1. The van der Waals surface area contributed by atoms with Crippen LogP contribution in [0.4, 0.5) is 10.3 Å². The molecule has 3 N–H and O–H groups in total. The van der Waals surface area contributed by atoms with Gasteiger partial charge in [-0.15, -0.1) is 0 Å². The van der Waals surface area contributed by atoms with Crippen molar-refractivity contribution in [2.24, 2.45) is 0 Å². The number of carbonyl (C=O) groups is 1. The fraction of sp³-hybridized carbons (Fsp3) is 0.500. The summed E-state index contributed by atoms with van der Waals surface area (Å²) < 4.78 is 58.6. The van der Waals surface area contributed by atoms with Crippen LogP contribution in [0.2, 0.25) is 0 Å². The van der Waals surface area contributed by atoms with E-state index >= 15 is 4.39 Å². The molecular formula is C24H32FN6O7P. The van der Waals surface area contributed by atoms with Crippen molar-refractivity contribution in [2.45, 2.75) is 64.3 Å². The van der Waals surface area contributed by atoms with Gasteiger partial charge in [-0.1, -0.05) is 18.2 Å². The molecule has 1 aliphatic heterocycles. The summed E-state index contributed by atoms with van der Waals surface area (Å²) in [5.74, 6) is -0.323. The first kappa shape index (κ1) is 28.7. The quantitative estimate of drug-likeness (QED) is 0.257. The highest BCUT2D eigenvalue weighted by atomic mass is 31.2. The van der Waals surface area contributed by atoms with E-state index in [1.54, 1.807) is 44.2 Å². The Bertz CT molecular complexity index is 1360. The van der Waals surface area contributed by atoms with E-state index in [0.717, 1.165) is 0 Å². The molecule has 3 unspecified atom stereocenters. The molecule has 4 rings (SSSR count). The van der Waals surface area contributed by atoms with Crippen molar-refractivity contribution in [2.75, 3.05) is 19.5 Å². The second kappa shape index (κ2) is 11.4. The Hall–Kier alpha value is -3.32. The molecule has 39 heavy (non-hydrogen) atoms. The van der Waals surface area contributed by atoms with Gasteiger partial charge in [-0.2, -0.15) is 15.1 Å². The van der Waals surface area contributed by atoms with Gasteiger partial charge in [0.05, 0.1) is 32.3 Å². The molecule has 3 aromatic rings. The van der Waals surface area contributed by atoms with Gasteiger partial charge in [-0.3, -0.25) is 13.9 Å². The Kier molecular flexibility index (Phi) is 8.40. The molecule has 3 heterocycles. The first-order valence-corrected chi connectivity index (χ1v) is 13.8. The average Bonchev–Trinajstić information content (AvgIpc) is 3.41. The summed E-state index contributed by atoms with van der Waals surface area (Å²) in [7, 11) is -2.74. The van der Waals surface area contributed by atoms with Crippen LogP contribution < -0.4 is 20.1 Å². The van der Waals surface area contributed by atoms with Gasteiger partial charge in [0.1, 0.15) is 11.8 Å². The molecule has 2 aromatic heterocycles. The first-order chi connectivity index (χ1) is 18.4. The van der Waals surface area contributed by atoms with Crippen LogP contribution in [0.5, 0.6) is 11.6 Å². The number of rotatable bonds is 11. The highest BCUT2D eigenvalue weighted by Gasteiger charge is 2.48. The smallest absolute Gasteiger partial charge is 0.459 e. The highest BCUT2D eigenvalue weighted by Crippen LogP contribution is 2.48. The predicted molar refractivity (Wildman–Crippen MR) is 139 cm³/mol. The number of nitrogen functional groups attached to an aromatic ring is 1. The van der Waals surface area contributed by atoms with E-state index in [2.05, 4.69) is 20.0 Å². The van der Waals surface area contributed by atoms with E-state index in [0.29, 0.717) is 0 Å². The van der Waals surface area contributed by atoms with Crippen LogP contribution in [-0.2, 0) is 23.4 Å². The molecule has 0 aliphatic carbocycles. The van der Waals surface area contributed by atoms with Gasteiger partial charge in [0.25, 0.3) is 0 Å². The number of nitrogens with one attached hydrogen (secondary N) is 1. The molecule has 0 radical (unpaired) electrons. The Balaban J connectivity index is 1.52. The lowest BCUT2D eigenvalue weighted by atomic mass is 10.0. The van der Waals surface area contributed by atoms with Crippen molar-refractivity contribution >= 4 is 30.8 Å². The number of esters is 1. The van der Waals surface area contributed by atoms with E-state index in [4.69, 9.17) is 29.0 Å². The predicted octanol–water partition coefficient (Wildman–Crippen LogP) is 3.57. The third kappa shape index (κ3) is 6.64. The zero-order valence-corrected chi connectivity index (χ0v) is 23.1. The summed E-state index contributed by atoms with van der Waals surface area (Å²) in [4.78, 5) is 24.7. The fourth-order valence-electron chi connectivity index (χ4n) is 4.11. The molecule has 1 aliphatic rings. The third-order valence-electron chi connectivity index (χ3n) is 5.77. The first-order valence-electron chi connectivity index (χ1n) is 12.3. The number of nitrogens with zero attached hydrogens (tertiary/aromatic N) is 4. The normalized spacial score (nSPS) is 23.5. The monoisotopic (exact) mass is 566 g/mol. The van der Waals surface area contributed by atoms with Crippen LogP contribution in [0.1, 0.15) is 40.3 Å². The summed E-state index contributed by atoms with van der Waals surface area (Å²) in [5, 5.41) is 2.60. The second-order valence-electron chi connectivity index (χ2n) is 9.54. The number of hydrogen-bond acceptors (Lipinski definition) is 11. The van der Waals surface area contributed by atoms with E-state index in [9.17, 15) is 9.36 Å². The topological polar surface area (TPSA) is 162 Å². The zero-order valence-electron chi connectivity index (χ0n) is 22.2. The van der Waals surface area contributed by atoms with Gasteiger partial charge in [-0.25, -0.2) is 13.9 Å². The molecule has 15 heteroatoms. The SMILES string of the molecule is COc1nc(N)nc2c1ncn2C1OC(CO[P@@](=O)(N[C@@H](C)C(=O)OC(C)C)Oc2ccccc2)CC1(C)F. The number of ether oxygens (including phenoxy) is 3. The summed E-state index contributed by atoms with van der Waals surface area (Å²) in [5.41, 5.74) is 4.42. The summed E-state index contributed by atoms with van der Waals surface area (Å²) >= 11 is 0. The number of carbonyl (C=O) groups excluding carboxylic acids is 1. The van der Waals surface area contributed by atoms with Crippen molar-refractivity contribution < 1.29 is 37.0 Å². The van der Waals surface area contributed by atoms with Crippen molar-refractivity contribution in [3.63, 3.8) is 0 Å². The minimum atomic E-state index is -4.15. The van der Waals surface area contributed by atoms with E-state index < -0.39 is 37.8 Å². The number of nitrogens with two attached hydrogens (primary N) is 1. The molecule has 1 saturated heterocycles. The van der Waals surface area contributed by atoms with E-state index in [-0.39, 0.29) is 47.9 Å². The molecule has 212 valence electrons. The van der Waals surface area contributed by atoms with Crippen molar-refractivity contribution in [1.82, 2.24) is 24.6 Å². The molecule has 0 saturated carbocycles. The van der Waals surface area contributed by atoms with Crippen LogP contribution in [0, 0.1) is 0 Å². The van der Waals surface area contributed by atoms with Crippen LogP contribution in [-0.4, -0.2) is 63.1 Å². The number of halogens is 1.